The fraction of sp³-hybridized carbons (Fsp3) is 0.611. The highest BCUT2D eigenvalue weighted by atomic mass is 19.2. The summed E-state index contributed by atoms with van der Waals surface area (Å²) in [5.41, 5.74) is 0. The van der Waals surface area contributed by atoms with Crippen molar-refractivity contribution in [2.75, 3.05) is 132 Å². The van der Waals surface area contributed by atoms with Crippen LogP contribution in [0.5, 0.6) is 11.5 Å². The van der Waals surface area contributed by atoms with Gasteiger partial charge in [0.15, 0.2) is 23.3 Å². The van der Waals surface area contributed by atoms with Crippen molar-refractivity contribution in [2.24, 2.45) is 0 Å². The van der Waals surface area contributed by atoms with Gasteiger partial charge in [0.1, 0.15) is 0 Å². The predicted molar refractivity (Wildman–Crippen MR) is 181 cm³/mol. The molecule has 0 radical (unpaired) electrons. The standard InChI is InChI=1S/C36H46F8O14/c37-25-23-26(38)32(42)35(31(25)41)57-29(45)1-3-47-5-7-49-9-11-51-13-15-53-17-19-55-21-22-56-20-18-54-16-14-52-12-10-50-8-6-48-4-2-30(46)58-36-33(43)27(39)24-28(40)34(36)44/h23-24H,1-22H2. The molecule has 2 rings (SSSR count). The number of rotatable bonds is 35. The maximum absolute atomic E-state index is 13.5. The minimum absolute atomic E-state index is 0.00366. The molecule has 0 fully saturated rings. The van der Waals surface area contributed by atoms with Crippen LogP contribution in [-0.4, -0.2) is 144 Å². The van der Waals surface area contributed by atoms with Crippen molar-refractivity contribution < 1.29 is 102 Å². The van der Waals surface area contributed by atoms with Gasteiger partial charge in [0.2, 0.25) is 34.8 Å². The highest BCUT2D eigenvalue weighted by molar-refractivity contribution is 5.73. The fourth-order valence-corrected chi connectivity index (χ4v) is 4.00. The maximum atomic E-state index is 13.5. The van der Waals surface area contributed by atoms with E-state index in [4.69, 9.17) is 47.4 Å². The Morgan fingerprint density at radius 3 is 0.672 bits per heavy atom. The zero-order valence-electron chi connectivity index (χ0n) is 31.5. The molecule has 0 amide bonds. The average molecular weight is 855 g/mol. The molecule has 0 atom stereocenters. The molecule has 2 aromatic rings. The van der Waals surface area contributed by atoms with Gasteiger partial charge in [-0.3, -0.25) is 9.59 Å². The van der Waals surface area contributed by atoms with E-state index in [0.29, 0.717) is 79.3 Å². The third-order valence-corrected chi connectivity index (χ3v) is 6.82. The van der Waals surface area contributed by atoms with E-state index in [-0.39, 0.29) is 65.0 Å². The van der Waals surface area contributed by atoms with Crippen LogP contribution in [0.25, 0.3) is 0 Å². The molecule has 0 aliphatic carbocycles. The largest absolute Gasteiger partial charge is 0.420 e. The molecular weight excluding hydrogens is 808 g/mol. The Kier molecular flexibility index (Phi) is 27.3. The van der Waals surface area contributed by atoms with Crippen LogP contribution < -0.4 is 9.47 Å². The van der Waals surface area contributed by atoms with Crippen LogP contribution in [0.3, 0.4) is 0 Å². The van der Waals surface area contributed by atoms with E-state index in [9.17, 15) is 44.7 Å². The summed E-state index contributed by atoms with van der Waals surface area (Å²) >= 11 is 0. The molecule has 14 nitrogen and oxygen atoms in total. The molecule has 0 aliphatic heterocycles. The van der Waals surface area contributed by atoms with Crippen molar-refractivity contribution in [2.45, 2.75) is 12.8 Å². The SMILES string of the molecule is O=C(CCOCCOCCOCCOCCOCCOCCOCCOCCOCCOCCC(=O)Oc1c(F)c(F)cc(F)c1F)Oc1c(F)c(F)cc(F)c1F. The minimum Gasteiger partial charge on any atom is -0.420 e. The maximum Gasteiger partial charge on any atom is 0.313 e. The zero-order chi connectivity index (χ0) is 42.4. The van der Waals surface area contributed by atoms with Crippen molar-refractivity contribution >= 4 is 11.9 Å². The van der Waals surface area contributed by atoms with Gasteiger partial charge in [-0.2, -0.15) is 17.6 Å². The van der Waals surface area contributed by atoms with Crippen LogP contribution in [0.4, 0.5) is 35.1 Å². The van der Waals surface area contributed by atoms with Gasteiger partial charge >= 0.3 is 11.9 Å². The van der Waals surface area contributed by atoms with Gasteiger partial charge in [-0.05, 0) is 0 Å². The lowest BCUT2D eigenvalue weighted by atomic mass is 10.3. The molecule has 58 heavy (non-hydrogen) atoms. The highest BCUT2D eigenvalue weighted by Gasteiger charge is 2.24. The topological polar surface area (TPSA) is 145 Å². The first-order chi connectivity index (χ1) is 28.0. The Balaban J connectivity index is 1.22. The number of hydrogen-bond donors (Lipinski definition) is 0. The smallest absolute Gasteiger partial charge is 0.313 e. The van der Waals surface area contributed by atoms with E-state index in [1.54, 1.807) is 0 Å². The molecule has 2 aromatic carbocycles. The number of esters is 2. The molecule has 22 heteroatoms. The van der Waals surface area contributed by atoms with Crippen molar-refractivity contribution in [3.8, 4) is 11.5 Å². The molecule has 0 spiro atoms. The van der Waals surface area contributed by atoms with Gasteiger partial charge in [0, 0.05) is 12.1 Å². The number of carbonyl (C=O) groups excluding carboxylic acids is 2. The van der Waals surface area contributed by atoms with Gasteiger partial charge in [-0.15, -0.1) is 0 Å². The van der Waals surface area contributed by atoms with E-state index in [2.05, 4.69) is 9.47 Å². The Labute approximate surface area is 328 Å². The third-order valence-electron chi connectivity index (χ3n) is 6.82. The lowest BCUT2D eigenvalue weighted by Crippen LogP contribution is -2.16. The van der Waals surface area contributed by atoms with Crippen LogP contribution in [-0.2, 0) is 57.0 Å². The molecule has 0 aliphatic rings. The van der Waals surface area contributed by atoms with E-state index in [1.807, 2.05) is 0 Å². The Morgan fingerprint density at radius 2 is 0.483 bits per heavy atom. The minimum atomic E-state index is -1.81. The van der Waals surface area contributed by atoms with E-state index in [1.165, 1.54) is 0 Å². The number of benzene rings is 2. The molecule has 330 valence electrons. The molecule has 0 aromatic heterocycles. The zero-order valence-corrected chi connectivity index (χ0v) is 31.5. The molecule has 0 saturated heterocycles. The summed E-state index contributed by atoms with van der Waals surface area (Å²) in [7, 11) is 0. The van der Waals surface area contributed by atoms with Crippen LogP contribution in [0.1, 0.15) is 12.8 Å². The van der Waals surface area contributed by atoms with Crippen molar-refractivity contribution in [1.82, 2.24) is 0 Å². The van der Waals surface area contributed by atoms with E-state index in [0.717, 1.165) is 0 Å². The van der Waals surface area contributed by atoms with Gasteiger partial charge in [-0.1, -0.05) is 0 Å². The summed E-state index contributed by atoms with van der Waals surface area (Å²) in [6, 6.07) is 0.00731. The van der Waals surface area contributed by atoms with E-state index < -0.39 is 82.8 Å². The fourth-order valence-electron chi connectivity index (χ4n) is 4.00. The van der Waals surface area contributed by atoms with Crippen LogP contribution in [0.15, 0.2) is 12.1 Å². The van der Waals surface area contributed by atoms with Crippen LogP contribution in [0.2, 0.25) is 0 Å². The van der Waals surface area contributed by atoms with Crippen molar-refractivity contribution in [1.29, 1.82) is 0 Å². The predicted octanol–water partition coefficient (Wildman–Crippen LogP) is 4.26. The number of halogens is 8. The van der Waals surface area contributed by atoms with Gasteiger partial charge < -0.3 is 56.8 Å². The van der Waals surface area contributed by atoms with E-state index >= 15 is 0 Å². The Hall–Kier alpha value is -3.58. The highest BCUT2D eigenvalue weighted by Crippen LogP contribution is 2.28. The van der Waals surface area contributed by atoms with Gasteiger partial charge in [-0.25, -0.2) is 17.6 Å². The molecule has 0 unspecified atom stereocenters. The quantitative estimate of drug-likeness (QED) is 0.0320. The summed E-state index contributed by atoms with van der Waals surface area (Å²) in [5.74, 6) is -19.2. The second-order valence-electron chi connectivity index (χ2n) is 11.2. The summed E-state index contributed by atoms with van der Waals surface area (Å²) in [5, 5.41) is 0. The Bertz CT molecular complexity index is 1320. The molecule has 0 saturated carbocycles. The summed E-state index contributed by atoms with van der Waals surface area (Å²) in [6.07, 6.45) is -0.830. The second-order valence-corrected chi connectivity index (χ2v) is 11.2. The first-order valence-corrected chi connectivity index (χ1v) is 17.9. The molecular formula is C36H46F8O14. The monoisotopic (exact) mass is 854 g/mol. The summed E-state index contributed by atoms with van der Waals surface area (Å²) in [4.78, 5) is 23.3. The number of ether oxygens (including phenoxy) is 12. The molecule has 0 heterocycles. The Morgan fingerprint density at radius 1 is 0.310 bits per heavy atom. The lowest BCUT2D eigenvalue weighted by Gasteiger charge is -2.09. The van der Waals surface area contributed by atoms with Gasteiger partial charge in [0.05, 0.1) is 145 Å². The number of carbonyl (C=O) groups is 2. The number of hydrogen-bond acceptors (Lipinski definition) is 14. The van der Waals surface area contributed by atoms with Crippen LogP contribution in [0, 0.1) is 46.5 Å². The van der Waals surface area contributed by atoms with Crippen molar-refractivity contribution in [3.05, 3.63) is 58.7 Å². The summed E-state index contributed by atoms with van der Waals surface area (Å²) in [6.45, 7) is 4.98. The second kappa shape index (κ2) is 31.4. The summed E-state index contributed by atoms with van der Waals surface area (Å²) < 4.78 is 169. The normalized spacial score (nSPS) is 11.4. The van der Waals surface area contributed by atoms with Crippen molar-refractivity contribution in [3.63, 3.8) is 0 Å². The van der Waals surface area contributed by atoms with Gasteiger partial charge in [0.25, 0.3) is 0 Å². The average Bonchev–Trinajstić information content (AvgIpc) is 3.20. The molecule has 0 N–H and O–H groups in total. The van der Waals surface area contributed by atoms with Crippen LogP contribution >= 0.6 is 0 Å². The first-order valence-electron chi connectivity index (χ1n) is 17.9. The molecule has 0 bridgehead atoms. The first kappa shape index (κ1) is 50.6. The third kappa shape index (κ3) is 22.0. The lowest BCUT2D eigenvalue weighted by molar-refractivity contribution is -0.137.